The molecule has 0 aliphatic rings. The second kappa shape index (κ2) is 4.98. The van der Waals surface area contributed by atoms with Crippen molar-refractivity contribution in [2.75, 3.05) is 5.73 Å². The fourth-order valence-electron chi connectivity index (χ4n) is 1.69. The standard InChI is InChI=1S/C14H17N3S/c1-8-6-5-7-12(15)13(8)18-14-16-10(3)9(2)11(4)17-14/h5-7H,15H2,1-4H3. The van der Waals surface area contributed by atoms with Crippen LogP contribution in [-0.2, 0) is 0 Å². The molecule has 0 atom stereocenters. The largest absolute Gasteiger partial charge is 0.398 e. The first-order chi connectivity index (χ1) is 8.49. The van der Waals surface area contributed by atoms with Crippen LogP contribution in [0.2, 0.25) is 0 Å². The SMILES string of the molecule is Cc1cccc(N)c1Sc1nc(C)c(C)c(C)n1. The number of hydrogen-bond acceptors (Lipinski definition) is 4. The molecule has 2 rings (SSSR count). The normalized spacial score (nSPS) is 10.7. The Morgan fingerprint density at radius 2 is 1.61 bits per heavy atom. The van der Waals surface area contributed by atoms with Crippen molar-refractivity contribution < 1.29 is 0 Å². The average molecular weight is 259 g/mol. The van der Waals surface area contributed by atoms with E-state index < -0.39 is 0 Å². The maximum atomic E-state index is 6.00. The molecule has 0 amide bonds. The van der Waals surface area contributed by atoms with Gasteiger partial charge in [0, 0.05) is 22.0 Å². The minimum Gasteiger partial charge on any atom is -0.398 e. The number of rotatable bonds is 2. The number of nitrogens with zero attached hydrogens (tertiary/aromatic N) is 2. The lowest BCUT2D eigenvalue weighted by atomic mass is 10.2. The van der Waals surface area contributed by atoms with Crippen molar-refractivity contribution in [3.05, 3.63) is 40.7 Å². The van der Waals surface area contributed by atoms with Crippen LogP contribution in [-0.4, -0.2) is 9.97 Å². The van der Waals surface area contributed by atoms with Gasteiger partial charge in [-0.15, -0.1) is 0 Å². The lowest BCUT2D eigenvalue weighted by Crippen LogP contribution is -1.99. The van der Waals surface area contributed by atoms with Crippen molar-refractivity contribution in [3.63, 3.8) is 0 Å². The van der Waals surface area contributed by atoms with E-state index in [0.29, 0.717) is 0 Å². The zero-order chi connectivity index (χ0) is 13.3. The Morgan fingerprint density at radius 3 is 2.17 bits per heavy atom. The molecule has 0 bridgehead atoms. The van der Waals surface area contributed by atoms with E-state index in [1.165, 1.54) is 11.8 Å². The van der Waals surface area contributed by atoms with E-state index in [1.807, 2.05) is 45.9 Å². The van der Waals surface area contributed by atoms with Crippen LogP contribution in [0.5, 0.6) is 0 Å². The van der Waals surface area contributed by atoms with Crippen LogP contribution in [0.1, 0.15) is 22.5 Å². The second-order valence-electron chi connectivity index (χ2n) is 4.40. The van der Waals surface area contributed by atoms with Crippen molar-refractivity contribution in [2.45, 2.75) is 37.7 Å². The van der Waals surface area contributed by atoms with Gasteiger partial charge in [-0.25, -0.2) is 9.97 Å². The Kier molecular flexibility index (Phi) is 3.57. The molecule has 0 spiro atoms. The molecule has 4 heteroatoms. The first-order valence-electron chi connectivity index (χ1n) is 5.84. The van der Waals surface area contributed by atoms with Gasteiger partial charge in [0.2, 0.25) is 0 Å². The third kappa shape index (κ3) is 2.48. The number of hydrogen-bond donors (Lipinski definition) is 1. The Hall–Kier alpha value is -1.55. The molecular weight excluding hydrogens is 242 g/mol. The summed E-state index contributed by atoms with van der Waals surface area (Å²) in [6, 6.07) is 5.91. The highest BCUT2D eigenvalue weighted by Crippen LogP contribution is 2.33. The van der Waals surface area contributed by atoms with Crippen molar-refractivity contribution >= 4 is 17.4 Å². The van der Waals surface area contributed by atoms with E-state index in [2.05, 4.69) is 9.97 Å². The monoisotopic (exact) mass is 259 g/mol. The first-order valence-corrected chi connectivity index (χ1v) is 6.65. The van der Waals surface area contributed by atoms with Crippen LogP contribution < -0.4 is 5.73 Å². The molecule has 0 fully saturated rings. The van der Waals surface area contributed by atoms with E-state index in [1.54, 1.807) is 0 Å². The van der Waals surface area contributed by atoms with Gasteiger partial charge in [0.05, 0.1) is 0 Å². The van der Waals surface area contributed by atoms with Gasteiger partial charge < -0.3 is 5.73 Å². The number of anilines is 1. The predicted octanol–water partition coefficient (Wildman–Crippen LogP) is 3.44. The topological polar surface area (TPSA) is 51.8 Å². The summed E-state index contributed by atoms with van der Waals surface area (Å²) in [6.07, 6.45) is 0. The zero-order valence-electron chi connectivity index (χ0n) is 11.1. The zero-order valence-corrected chi connectivity index (χ0v) is 11.9. The van der Waals surface area contributed by atoms with Gasteiger partial charge in [0.25, 0.3) is 0 Å². The number of aromatic nitrogens is 2. The summed E-state index contributed by atoms with van der Waals surface area (Å²) < 4.78 is 0. The summed E-state index contributed by atoms with van der Waals surface area (Å²) >= 11 is 1.53. The Balaban J connectivity index is 2.41. The second-order valence-corrected chi connectivity index (χ2v) is 5.37. The summed E-state index contributed by atoms with van der Waals surface area (Å²) in [5.41, 5.74) is 11.1. The van der Waals surface area contributed by atoms with Gasteiger partial charge in [-0.05, 0) is 56.7 Å². The molecular formula is C14H17N3S. The van der Waals surface area contributed by atoms with Gasteiger partial charge in [-0.3, -0.25) is 0 Å². The van der Waals surface area contributed by atoms with Gasteiger partial charge in [-0.1, -0.05) is 12.1 Å². The van der Waals surface area contributed by atoms with E-state index in [4.69, 9.17) is 5.73 Å². The third-order valence-corrected chi connectivity index (χ3v) is 4.17. The molecule has 0 saturated heterocycles. The summed E-state index contributed by atoms with van der Waals surface area (Å²) in [5.74, 6) is 0. The Morgan fingerprint density at radius 1 is 1.00 bits per heavy atom. The fraction of sp³-hybridized carbons (Fsp3) is 0.286. The number of benzene rings is 1. The highest BCUT2D eigenvalue weighted by Gasteiger charge is 2.10. The molecule has 1 heterocycles. The molecule has 94 valence electrons. The fourth-order valence-corrected chi connectivity index (χ4v) is 2.66. The summed E-state index contributed by atoms with van der Waals surface area (Å²) in [4.78, 5) is 10.1. The summed E-state index contributed by atoms with van der Waals surface area (Å²) in [6.45, 7) is 8.11. The smallest absolute Gasteiger partial charge is 0.192 e. The van der Waals surface area contributed by atoms with E-state index in [9.17, 15) is 0 Å². The summed E-state index contributed by atoms with van der Waals surface area (Å²) in [7, 11) is 0. The van der Waals surface area contributed by atoms with E-state index in [-0.39, 0.29) is 0 Å². The molecule has 0 unspecified atom stereocenters. The first kappa shape index (κ1) is 12.9. The van der Waals surface area contributed by atoms with E-state index in [0.717, 1.165) is 38.3 Å². The number of aryl methyl sites for hydroxylation is 3. The van der Waals surface area contributed by atoms with Crippen LogP contribution in [0.25, 0.3) is 0 Å². The van der Waals surface area contributed by atoms with Crippen LogP contribution in [0, 0.1) is 27.7 Å². The average Bonchev–Trinajstić information content (AvgIpc) is 2.31. The molecule has 0 aliphatic heterocycles. The highest BCUT2D eigenvalue weighted by molar-refractivity contribution is 7.99. The van der Waals surface area contributed by atoms with Crippen molar-refractivity contribution in [1.29, 1.82) is 0 Å². The maximum absolute atomic E-state index is 6.00. The quantitative estimate of drug-likeness (QED) is 0.663. The molecule has 3 nitrogen and oxygen atoms in total. The Bertz CT molecular complexity index is 550. The van der Waals surface area contributed by atoms with Crippen LogP contribution in [0.4, 0.5) is 5.69 Å². The van der Waals surface area contributed by atoms with Crippen molar-refractivity contribution in [1.82, 2.24) is 9.97 Å². The highest BCUT2D eigenvalue weighted by atomic mass is 32.2. The van der Waals surface area contributed by atoms with Crippen molar-refractivity contribution in [3.8, 4) is 0 Å². The Labute approximate surface area is 112 Å². The lowest BCUT2D eigenvalue weighted by molar-refractivity contribution is 0.880. The van der Waals surface area contributed by atoms with Crippen LogP contribution in [0.15, 0.2) is 28.3 Å². The van der Waals surface area contributed by atoms with Gasteiger partial charge in [-0.2, -0.15) is 0 Å². The third-order valence-electron chi connectivity index (χ3n) is 3.05. The molecule has 0 radical (unpaired) electrons. The molecule has 2 N–H and O–H groups in total. The summed E-state index contributed by atoms with van der Waals surface area (Å²) in [5, 5.41) is 0.761. The molecule has 0 saturated carbocycles. The van der Waals surface area contributed by atoms with Gasteiger partial charge >= 0.3 is 0 Å². The van der Waals surface area contributed by atoms with E-state index >= 15 is 0 Å². The van der Waals surface area contributed by atoms with Gasteiger partial charge in [0.1, 0.15) is 0 Å². The minimum absolute atomic E-state index is 0.761. The van der Waals surface area contributed by atoms with Crippen molar-refractivity contribution in [2.24, 2.45) is 0 Å². The maximum Gasteiger partial charge on any atom is 0.192 e. The lowest BCUT2D eigenvalue weighted by Gasteiger charge is -2.10. The number of nitrogens with two attached hydrogens (primary N) is 1. The molecule has 1 aromatic carbocycles. The minimum atomic E-state index is 0.761. The molecule has 1 aromatic heterocycles. The molecule has 18 heavy (non-hydrogen) atoms. The van der Waals surface area contributed by atoms with Gasteiger partial charge in [0.15, 0.2) is 5.16 Å². The number of nitrogen functional groups attached to an aromatic ring is 1. The van der Waals surface area contributed by atoms with Crippen LogP contribution in [0.3, 0.4) is 0 Å². The predicted molar refractivity (Wildman–Crippen MR) is 76.0 cm³/mol. The molecule has 2 aromatic rings. The van der Waals surface area contributed by atoms with Crippen LogP contribution >= 0.6 is 11.8 Å². The molecule has 0 aliphatic carbocycles.